The molecule has 2 fully saturated rings. The summed E-state index contributed by atoms with van der Waals surface area (Å²) < 4.78 is 5.00. The number of ether oxygens (including phenoxy) is 1. The van der Waals surface area contributed by atoms with Gasteiger partial charge in [-0.3, -0.25) is 9.59 Å². The second-order valence-electron chi connectivity index (χ2n) is 4.69. The van der Waals surface area contributed by atoms with Gasteiger partial charge < -0.3 is 9.64 Å². The fraction of sp³-hybridized carbons (Fsp3) is 0.833. The molecule has 1 saturated heterocycles. The van der Waals surface area contributed by atoms with Gasteiger partial charge in [0.05, 0.1) is 5.92 Å². The lowest BCUT2D eigenvalue weighted by atomic mass is 10.0. The average Bonchev–Trinajstić information content (AvgIpc) is 2.78. The fourth-order valence-corrected chi connectivity index (χ4v) is 2.79. The fourth-order valence-electron chi connectivity index (χ4n) is 2.79. The minimum atomic E-state index is -0.174. The van der Waals surface area contributed by atoms with Gasteiger partial charge in [-0.25, -0.2) is 0 Å². The van der Waals surface area contributed by atoms with Gasteiger partial charge in [-0.15, -0.1) is 0 Å². The molecule has 1 aliphatic carbocycles. The summed E-state index contributed by atoms with van der Waals surface area (Å²) in [4.78, 5) is 24.5. The maximum absolute atomic E-state index is 12.2. The van der Waals surface area contributed by atoms with Gasteiger partial charge in [-0.2, -0.15) is 0 Å². The molecule has 0 aromatic rings. The highest BCUT2D eigenvalue weighted by Gasteiger charge is 2.37. The number of carbonyl (C=O) groups excluding carboxylic acids is 2. The highest BCUT2D eigenvalue weighted by molar-refractivity contribution is 5.80. The van der Waals surface area contributed by atoms with Crippen molar-refractivity contribution in [3.63, 3.8) is 0 Å². The molecule has 2 unspecified atom stereocenters. The maximum Gasteiger partial charge on any atom is 0.293 e. The second kappa shape index (κ2) is 5.32. The number of nitrogens with zero attached hydrogens (tertiary/aromatic N) is 1. The first kappa shape index (κ1) is 11.4. The number of amides is 1. The molecular weight excluding hydrogens is 206 g/mol. The normalized spacial score (nSPS) is 30.1. The molecule has 90 valence electrons. The van der Waals surface area contributed by atoms with Gasteiger partial charge in [0, 0.05) is 13.1 Å². The number of rotatable bonds is 3. The topological polar surface area (TPSA) is 46.6 Å². The Morgan fingerprint density at radius 2 is 1.88 bits per heavy atom. The lowest BCUT2D eigenvalue weighted by molar-refractivity contribution is -0.145. The summed E-state index contributed by atoms with van der Waals surface area (Å²) in [5.74, 6) is 0.118. The largest absolute Gasteiger partial charge is 0.464 e. The van der Waals surface area contributed by atoms with E-state index >= 15 is 0 Å². The molecular formula is C12H19NO3. The highest BCUT2D eigenvalue weighted by atomic mass is 16.5. The Balaban J connectivity index is 1.94. The molecule has 2 atom stereocenters. The van der Waals surface area contributed by atoms with Crippen LogP contribution in [-0.2, 0) is 14.3 Å². The Kier molecular flexibility index (Phi) is 3.80. The minimum Gasteiger partial charge on any atom is -0.464 e. The number of piperidine rings is 1. The van der Waals surface area contributed by atoms with E-state index in [-0.39, 0.29) is 17.9 Å². The van der Waals surface area contributed by atoms with Crippen molar-refractivity contribution >= 4 is 12.4 Å². The van der Waals surface area contributed by atoms with Crippen molar-refractivity contribution < 1.29 is 14.3 Å². The predicted molar refractivity (Wildman–Crippen MR) is 58.7 cm³/mol. The summed E-state index contributed by atoms with van der Waals surface area (Å²) in [7, 11) is 0. The van der Waals surface area contributed by atoms with Crippen LogP contribution in [0.5, 0.6) is 0 Å². The summed E-state index contributed by atoms with van der Waals surface area (Å²) >= 11 is 0. The Morgan fingerprint density at radius 1 is 1.12 bits per heavy atom. The summed E-state index contributed by atoms with van der Waals surface area (Å²) in [6.07, 6.45) is 5.96. The standard InChI is InChI=1S/C12H19NO3/c14-9-16-11-6-4-5-10(11)12(15)13-7-2-1-3-8-13/h9-11H,1-8H2. The lowest BCUT2D eigenvalue weighted by Crippen LogP contribution is -2.42. The summed E-state index contributed by atoms with van der Waals surface area (Å²) in [5.41, 5.74) is 0. The van der Waals surface area contributed by atoms with Crippen LogP contribution in [0.4, 0.5) is 0 Å². The first-order valence-electron chi connectivity index (χ1n) is 6.21. The number of likely N-dealkylation sites (tertiary alicyclic amines) is 1. The van der Waals surface area contributed by atoms with Crippen molar-refractivity contribution in [3.05, 3.63) is 0 Å². The van der Waals surface area contributed by atoms with E-state index in [4.69, 9.17) is 4.74 Å². The van der Waals surface area contributed by atoms with Crippen molar-refractivity contribution in [2.45, 2.75) is 44.6 Å². The van der Waals surface area contributed by atoms with Crippen LogP contribution in [0.2, 0.25) is 0 Å². The Hall–Kier alpha value is -1.06. The molecule has 0 radical (unpaired) electrons. The lowest BCUT2D eigenvalue weighted by Gasteiger charge is -2.30. The quantitative estimate of drug-likeness (QED) is 0.681. The number of carbonyl (C=O) groups is 2. The third-order valence-electron chi connectivity index (χ3n) is 3.67. The van der Waals surface area contributed by atoms with Crippen LogP contribution in [0.3, 0.4) is 0 Å². The molecule has 2 aliphatic rings. The van der Waals surface area contributed by atoms with Gasteiger partial charge in [0.25, 0.3) is 6.47 Å². The molecule has 0 aromatic carbocycles. The van der Waals surface area contributed by atoms with Crippen molar-refractivity contribution in [1.82, 2.24) is 4.90 Å². The zero-order valence-corrected chi connectivity index (χ0v) is 9.56. The van der Waals surface area contributed by atoms with E-state index in [2.05, 4.69) is 0 Å². The third kappa shape index (κ3) is 2.36. The van der Waals surface area contributed by atoms with Gasteiger partial charge >= 0.3 is 0 Å². The molecule has 16 heavy (non-hydrogen) atoms. The van der Waals surface area contributed by atoms with E-state index in [0.717, 1.165) is 45.2 Å². The molecule has 1 saturated carbocycles. The Labute approximate surface area is 95.9 Å². The SMILES string of the molecule is O=COC1CCCC1C(=O)N1CCCCC1. The molecule has 1 heterocycles. The highest BCUT2D eigenvalue weighted by Crippen LogP contribution is 2.30. The molecule has 2 rings (SSSR count). The van der Waals surface area contributed by atoms with Crippen LogP contribution < -0.4 is 0 Å². The van der Waals surface area contributed by atoms with Gasteiger partial charge in [0.2, 0.25) is 5.91 Å². The Morgan fingerprint density at radius 3 is 2.56 bits per heavy atom. The second-order valence-corrected chi connectivity index (χ2v) is 4.69. The minimum absolute atomic E-state index is 0.0803. The summed E-state index contributed by atoms with van der Waals surface area (Å²) in [6, 6.07) is 0. The monoisotopic (exact) mass is 225 g/mol. The molecule has 1 amide bonds. The van der Waals surface area contributed by atoms with E-state index in [1.165, 1.54) is 6.42 Å². The average molecular weight is 225 g/mol. The zero-order chi connectivity index (χ0) is 11.4. The smallest absolute Gasteiger partial charge is 0.293 e. The molecule has 1 aliphatic heterocycles. The van der Waals surface area contributed by atoms with Crippen LogP contribution in [0.25, 0.3) is 0 Å². The van der Waals surface area contributed by atoms with Crippen LogP contribution in [0.15, 0.2) is 0 Å². The van der Waals surface area contributed by atoms with E-state index in [1.807, 2.05) is 4.90 Å². The van der Waals surface area contributed by atoms with E-state index in [1.54, 1.807) is 0 Å². The van der Waals surface area contributed by atoms with Crippen molar-refractivity contribution in [1.29, 1.82) is 0 Å². The molecule has 0 bridgehead atoms. The van der Waals surface area contributed by atoms with Gasteiger partial charge in [0.1, 0.15) is 6.10 Å². The zero-order valence-electron chi connectivity index (χ0n) is 9.56. The molecule has 0 aromatic heterocycles. The van der Waals surface area contributed by atoms with Crippen LogP contribution in [0.1, 0.15) is 38.5 Å². The van der Waals surface area contributed by atoms with Crippen LogP contribution in [-0.4, -0.2) is 36.5 Å². The molecule has 0 spiro atoms. The summed E-state index contributed by atoms with van der Waals surface area (Å²) in [6.45, 7) is 2.23. The number of hydrogen-bond donors (Lipinski definition) is 0. The maximum atomic E-state index is 12.2. The van der Waals surface area contributed by atoms with Crippen molar-refractivity contribution in [3.8, 4) is 0 Å². The number of hydrogen-bond acceptors (Lipinski definition) is 3. The van der Waals surface area contributed by atoms with E-state index in [0.29, 0.717) is 6.47 Å². The molecule has 4 heteroatoms. The Bertz CT molecular complexity index is 261. The first-order chi connectivity index (χ1) is 7.83. The van der Waals surface area contributed by atoms with Gasteiger partial charge in [-0.1, -0.05) is 0 Å². The first-order valence-corrected chi connectivity index (χ1v) is 6.21. The summed E-state index contributed by atoms with van der Waals surface area (Å²) in [5, 5.41) is 0. The van der Waals surface area contributed by atoms with E-state index in [9.17, 15) is 9.59 Å². The predicted octanol–water partition coefficient (Wildman–Crippen LogP) is 1.34. The van der Waals surface area contributed by atoms with Crippen LogP contribution >= 0.6 is 0 Å². The van der Waals surface area contributed by atoms with Crippen LogP contribution in [0, 0.1) is 5.92 Å². The van der Waals surface area contributed by atoms with Crippen molar-refractivity contribution in [2.24, 2.45) is 5.92 Å². The van der Waals surface area contributed by atoms with E-state index < -0.39 is 0 Å². The van der Waals surface area contributed by atoms with Gasteiger partial charge in [0.15, 0.2) is 0 Å². The van der Waals surface area contributed by atoms with Gasteiger partial charge in [-0.05, 0) is 38.5 Å². The molecule has 0 N–H and O–H groups in total. The molecule has 4 nitrogen and oxygen atoms in total. The third-order valence-corrected chi connectivity index (χ3v) is 3.67. The van der Waals surface area contributed by atoms with Crippen molar-refractivity contribution in [2.75, 3.05) is 13.1 Å².